The lowest BCUT2D eigenvalue weighted by atomic mass is 10.1. The molecule has 9 heteroatoms. The molecule has 1 saturated heterocycles. The molecule has 1 N–H and O–H groups in total. The molecule has 0 saturated carbocycles. The number of aryl methyl sites for hydroxylation is 1. The zero-order valence-corrected chi connectivity index (χ0v) is 20.4. The Bertz CT molecular complexity index is 924. The second kappa shape index (κ2) is 11.7. The Balaban J connectivity index is 1.42. The first-order valence-electron chi connectivity index (χ1n) is 10.8. The number of piperazine rings is 1. The van der Waals surface area contributed by atoms with Crippen LogP contribution in [0.3, 0.4) is 0 Å². The predicted octanol–water partition coefficient (Wildman–Crippen LogP) is 3.83. The minimum atomic E-state index is -0.390. The van der Waals surface area contributed by atoms with E-state index < -0.39 is 0 Å². The van der Waals surface area contributed by atoms with Gasteiger partial charge < -0.3 is 14.8 Å². The minimum Gasteiger partial charge on any atom is -0.492 e. The smallest absolute Gasteiger partial charge is 0.341 e. The van der Waals surface area contributed by atoms with Gasteiger partial charge in [-0.25, -0.2) is 4.79 Å². The molecule has 1 aromatic carbocycles. The molecule has 2 aromatic rings. The summed E-state index contributed by atoms with van der Waals surface area (Å²) in [5.41, 5.74) is 1.33. The lowest BCUT2D eigenvalue weighted by molar-refractivity contribution is -0.117. The van der Waals surface area contributed by atoms with Gasteiger partial charge in [0.1, 0.15) is 17.4 Å². The van der Waals surface area contributed by atoms with Crippen LogP contribution >= 0.6 is 22.9 Å². The minimum absolute atomic E-state index is 0.115. The van der Waals surface area contributed by atoms with Crippen molar-refractivity contribution in [3.63, 3.8) is 0 Å². The highest BCUT2D eigenvalue weighted by molar-refractivity contribution is 7.16. The van der Waals surface area contributed by atoms with E-state index in [1.165, 1.54) is 11.3 Å². The van der Waals surface area contributed by atoms with Crippen LogP contribution in [0.4, 0.5) is 5.00 Å². The number of hydrogen-bond donors (Lipinski definition) is 1. The van der Waals surface area contributed by atoms with Crippen LogP contribution in [0.5, 0.6) is 5.75 Å². The van der Waals surface area contributed by atoms with E-state index >= 15 is 0 Å². The van der Waals surface area contributed by atoms with Gasteiger partial charge in [0, 0.05) is 42.6 Å². The van der Waals surface area contributed by atoms with Gasteiger partial charge in [-0.15, -0.1) is 11.3 Å². The lowest BCUT2D eigenvalue weighted by Gasteiger charge is -2.34. The third-order valence-corrected chi connectivity index (χ3v) is 6.81. The van der Waals surface area contributed by atoms with Crippen molar-refractivity contribution in [2.75, 3.05) is 57.8 Å². The number of thiophene rings is 1. The molecule has 1 aliphatic heterocycles. The summed E-state index contributed by atoms with van der Waals surface area (Å²) < 4.78 is 10.9. The summed E-state index contributed by atoms with van der Waals surface area (Å²) >= 11 is 7.30. The molecular formula is C23H30ClN3O4S. The number of esters is 1. The van der Waals surface area contributed by atoms with Gasteiger partial charge in [0.05, 0.1) is 18.7 Å². The fraction of sp³-hybridized carbons (Fsp3) is 0.478. The Kier molecular flexibility index (Phi) is 8.92. The Hall–Kier alpha value is -2.13. The number of rotatable bonds is 9. The molecule has 1 amide bonds. The molecule has 0 aliphatic carbocycles. The van der Waals surface area contributed by atoms with Gasteiger partial charge in [0.25, 0.3) is 0 Å². The molecule has 0 spiro atoms. The summed E-state index contributed by atoms with van der Waals surface area (Å²) in [4.78, 5) is 30.4. The standard InChI is InChI=1S/C23H30ClN3O4S/c1-4-30-23(29)21-16(2)17(3)32-22(21)25-20(28)15-27-11-9-26(10-12-27)13-14-31-19-7-5-18(24)6-8-19/h5-8H,4,9-15H2,1-3H3,(H,25,28). The highest BCUT2D eigenvalue weighted by atomic mass is 35.5. The molecule has 174 valence electrons. The van der Waals surface area contributed by atoms with Gasteiger partial charge in [-0.1, -0.05) is 11.6 Å². The number of halogens is 1. The highest BCUT2D eigenvalue weighted by Crippen LogP contribution is 2.33. The molecule has 1 aromatic heterocycles. The van der Waals surface area contributed by atoms with E-state index in [0.717, 1.165) is 48.9 Å². The van der Waals surface area contributed by atoms with Crippen molar-refractivity contribution in [3.05, 3.63) is 45.3 Å². The molecular weight excluding hydrogens is 450 g/mol. The van der Waals surface area contributed by atoms with Gasteiger partial charge in [-0.3, -0.25) is 14.6 Å². The second-order valence-corrected chi connectivity index (χ2v) is 9.34. The number of nitrogens with one attached hydrogen (secondary N) is 1. The van der Waals surface area contributed by atoms with Crippen molar-refractivity contribution in [2.45, 2.75) is 20.8 Å². The average molecular weight is 480 g/mol. The van der Waals surface area contributed by atoms with Crippen LogP contribution in [0.1, 0.15) is 27.7 Å². The first-order valence-corrected chi connectivity index (χ1v) is 12.0. The fourth-order valence-electron chi connectivity index (χ4n) is 3.53. The normalized spacial score (nSPS) is 14.9. The number of nitrogens with zero attached hydrogens (tertiary/aromatic N) is 2. The molecule has 32 heavy (non-hydrogen) atoms. The molecule has 0 bridgehead atoms. The maximum Gasteiger partial charge on any atom is 0.341 e. The van der Waals surface area contributed by atoms with Gasteiger partial charge in [-0.2, -0.15) is 0 Å². The van der Waals surface area contributed by atoms with E-state index in [0.29, 0.717) is 35.3 Å². The average Bonchev–Trinajstić information content (AvgIpc) is 3.04. The summed E-state index contributed by atoms with van der Waals surface area (Å²) in [6.45, 7) is 11.0. The van der Waals surface area contributed by atoms with Crippen LogP contribution in [-0.4, -0.2) is 74.2 Å². The van der Waals surface area contributed by atoms with Crippen LogP contribution in [-0.2, 0) is 9.53 Å². The van der Waals surface area contributed by atoms with Crippen LogP contribution in [0.25, 0.3) is 0 Å². The van der Waals surface area contributed by atoms with E-state index in [9.17, 15) is 9.59 Å². The van der Waals surface area contributed by atoms with Crippen molar-refractivity contribution in [1.82, 2.24) is 9.80 Å². The van der Waals surface area contributed by atoms with Crippen LogP contribution in [0.15, 0.2) is 24.3 Å². The van der Waals surface area contributed by atoms with E-state index in [2.05, 4.69) is 15.1 Å². The molecule has 3 rings (SSSR count). The molecule has 2 heterocycles. The molecule has 0 unspecified atom stereocenters. The van der Waals surface area contributed by atoms with Crippen molar-refractivity contribution in [2.24, 2.45) is 0 Å². The summed E-state index contributed by atoms with van der Waals surface area (Å²) in [7, 11) is 0. The number of carbonyl (C=O) groups is 2. The van der Waals surface area contributed by atoms with E-state index in [1.54, 1.807) is 6.92 Å². The Labute approximate surface area is 198 Å². The summed E-state index contributed by atoms with van der Waals surface area (Å²) in [6, 6.07) is 7.36. The third kappa shape index (κ3) is 6.68. The zero-order chi connectivity index (χ0) is 23.1. The monoisotopic (exact) mass is 479 g/mol. The van der Waals surface area contributed by atoms with Gasteiger partial charge >= 0.3 is 5.97 Å². The maximum absolute atomic E-state index is 12.6. The van der Waals surface area contributed by atoms with Gasteiger partial charge in [0.2, 0.25) is 5.91 Å². The summed E-state index contributed by atoms with van der Waals surface area (Å²) in [5, 5.41) is 4.18. The maximum atomic E-state index is 12.6. The van der Waals surface area contributed by atoms with Gasteiger partial charge in [0.15, 0.2) is 0 Å². The first-order chi connectivity index (χ1) is 15.4. The highest BCUT2D eigenvalue weighted by Gasteiger charge is 2.24. The quantitative estimate of drug-likeness (QED) is 0.551. The molecule has 0 radical (unpaired) electrons. The lowest BCUT2D eigenvalue weighted by Crippen LogP contribution is -2.49. The topological polar surface area (TPSA) is 71.1 Å². The number of carbonyl (C=O) groups excluding carboxylic acids is 2. The summed E-state index contributed by atoms with van der Waals surface area (Å²) in [6.07, 6.45) is 0. The first kappa shape index (κ1) is 24.5. The summed E-state index contributed by atoms with van der Waals surface area (Å²) in [5.74, 6) is 0.307. The number of ether oxygens (including phenoxy) is 2. The molecule has 0 atom stereocenters. The van der Waals surface area contributed by atoms with Crippen molar-refractivity contribution in [3.8, 4) is 5.75 Å². The Morgan fingerprint density at radius 3 is 2.41 bits per heavy atom. The van der Waals surface area contributed by atoms with Gasteiger partial charge in [-0.05, 0) is 50.6 Å². The van der Waals surface area contributed by atoms with Crippen LogP contribution in [0.2, 0.25) is 5.02 Å². The van der Waals surface area contributed by atoms with Crippen LogP contribution in [0, 0.1) is 13.8 Å². The Morgan fingerprint density at radius 1 is 1.09 bits per heavy atom. The SMILES string of the molecule is CCOC(=O)c1c(NC(=O)CN2CCN(CCOc3ccc(Cl)cc3)CC2)sc(C)c1C. The Morgan fingerprint density at radius 2 is 1.75 bits per heavy atom. The van der Waals surface area contributed by atoms with E-state index in [1.807, 2.05) is 38.1 Å². The second-order valence-electron chi connectivity index (χ2n) is 7.68. The van der Waals surface area contributed by atoms with Crippen molar-refractivity contribution in [1.29, 1.82) is 0 Å². The van der Waals surface area contributed by atoms with Crippen molar-refractivity contribution < 1.29 is 19.1 Å². The van der Waals surface area contributed by atoms with Crippen molar-refractivity contribution >= 4 is 39.8 Å². The number of anilines is 1. The van der Waals surface area contributed by atoms with E-state index in [4.69, 9.17) is 21.1 Å². The zero-order valence-electron chi connectivity index (χ0n) is 18.8. The van der Waals surface area contributed by atoms with Crippen LogP contribution < -0.4 is 10.1 Å². The number of hydrogen-bond acceptors (Lipinski definition) is 7. The van der Waals surface area contributed by atoms with E-state index in [-0.39, 0.29) is 11.9 Å². The third-order valence-electron chi connectivity index (χ3n) is 5.44. The molecule has 7 nitrogen and oxygen atoms in total. The predicted molar refractivity (Wildman–Crippen MR) is 128 cm³/mol. The molecule has 1 fully saturated rings. The number of amides is 1. The largest absolute Gasteiger partial charge is 0.492 e. The molecule has 1 aliphatic rings. The number of benzene rings is 1. The fourth-order valence-corrected chi connectivity index (χ4v) is 4.72.